The molecule has 4 N–H and O–H groups in total. The van der Waals surface area contributed by atoms with Crippen molar-refractivity contribution in [2.75, 3.05) is 13.7 Å². The molecule has 20 heavy (non-hydrogen) atoms. The SMILES string of the molecule is COc1ccc(C(O)C(CC(=O)O)NCC(C)O)cc1. The van der Waals surface area contributed by atoms with Gasteiger partial charge in [-0.15, -0.1) is 0 Å². The highest BCUT2D eigenvalue weighted by Gasteiger charge is 2.23. The van der Waals surface area contributed by atoms with Gasteiger partial charge < -0.3 is 25.4 Å². The highest BCUT2D eigenvalue weighted by molar-refractivity contribution is 5.67. The quantitative estimate of drug-likeness (QED) is 0.556. The molecule has 0 radical (unpaired) electrons. The van der Waals surface area contributed by atoms with Crippen molar-refractivity contribution in [2.24, 2.45) is 0 Å². The van der Waals surface area contributed by atoms with Gasteiger partial charge in [0.15, 0.2) is 0 Å². The third-order valence-corrected chi connectivity index (χ3v) is 2.91. The fourth-order valence-electron chi connectivity index (χ4n) is 1.84. The zero-order chi connectivity index (χ0) is 15.1. The number of methoxy groups -OCH3 is 1. The van der Waals surface area contributed by atoms with E-state index in [0.29, 0.717) is 11.3 Å². The molecule has 1 rings (SSSR count). The Morgan fingerprint density at radius 2 is 1.90 bits per heavy atom. The lowest BCUT2D eigenvalue weighted by Crippen LogP contribution is -2.40. The summed E-state index contributed by atoms with van der Waals surface area (Å²) in [6.45, 7) is 1.80. The Balaban J connectivity index is 2.78. The predicted octanol–water partition coefficient (Wildman–Crippen LogP) is 0.542. The Morgan fingerprint density at radius 3 is 2.35 bits per heavy atom. The van der Waals surface area contributed by atoms with Gasteiger partial charge in [-0.25, -0.2) is 0 Å². The number of aliphatic hydroxyl groups is 2. The monoisotopic (exact) mass is 283 g/mol. The van der Waals surface area contributed by atoms with Crippen LogP contribution >= 0.6 is 0 Å². The van der Waals surface area contributed by atoms with Crippen molar-refractivity contribution in [3.63, 3.8) is 0 Å². The topological polar surface area (TPSA) is 99.0 Å². The third kappa shape index (κ3) is 5.16. The maximum absolute atomic E-state index is 10.9. The van der Waals surface area contributed by atoms with Gasteiger partial charge in [-0.3, -0.25) is 4.79 Å². The van der Waals surface area contributed by atoms with Gasteiger partial charge >= 0.3 is 5.97 Å². The summed E-state index contributed by atoms with van der Waals surface area (Å²) in [5, 5.41) is 31.3. The van der Waals surface area contributed by atoms with Crippen molar-refractivity contribution >= 4 is 5.97 Å². The number of ether oxygens (including phenoxy) is 1. The van der Waals surface area contributed by atoms with Crippen molar-refractivity contribution in [1.82, 2.24) is 5.32 Å². The molecule has 112 valence electrons. The van der Waals surface area contributed by atoms with Gasteiger partial charge in [-0.2, -0.15) is 0 Å². The lowest BCUT2D eigenvalue weighted by Gasteiger charge is -2.24. The van der Waals surface area contributed by atoms with Crippen molar-refractivity contribution in [3.8, 4) is 5.75 Å². The van der Waals surface area contributed by atoms with Crippen LogP contribution in [-0.4, -0.2) is 47.1 Å². The van der Waals surface area contributed by atoms with E-state index >= 15 is 0 Å². The average molecular weight is 283 g/mol. The number of nitrogens with one attached hydrogen (secondary N) is 1. The molecular weight excluding hydrogens is 262 g/mol. The normalized spacial score (nSPS) is 15.4. The molecule has 0 bridgehead atoms. The molecule has 3 atom stereocenters. The molecule has 0 aliphatic carbocycles. The highest BCUT2D eigenvalue weighted by atomic mass is 16.5. The summed E-state index contributed by atoms with van der Waals surface area (Å²) in [5.74, 6) is -0.353. The first kappa shape index (κ1) is 16.4. The van der Waals surface area contributed by atoms with E-state index in [9.17, 15) is 15.0 Å². The average Bonchev–Trinajstić information content (AvgIpc) is 2.42. The molecule has 0 heterocycles. The van der Waals surface area contributed by atoms with Gasteiger partial charge in [0.25, 0.3) is 0 Å². The molecule has 1 aromatic rings. The lowest BCUT2D eigenvalue weighted by molar-refractivity contribution is -0.138. The van der Waals surface area contributed by atoms with Crippen LogP contribution < -0.4 is 10.1 Å². The second-order valence-corrected chi connectivity index (χ2v) is 4.68. The fraction of sp³-hybridized carbons (Fsp3) is 0.500. The molecule has 0 spiro atoms. The van der Waals surface area contributed by atoms with Gasteiger partial charge in [0.2, 0.25) is 0 Å². The van der Waals surface area contributed by atoms with E-state index in [0.717, 1.165) is 0 Å². The van der Waals surface area contributed by atoms with Crippen LogP contribution in [-0.2, 0) is 4.79 Å². The van der Waals surface area contributed by atoms with Crippen LogP contribution in [0.5, 0.6) is 5.75 Å². The number of carbonyl (C=O) groups is 1. The number of rotatable bonds is 8. The van der Waals surface area contributed by atoms with E-state index in [1.807, 2.05) is 0 Å². The molecule has 0 amide bonds. The van der Waals surface area contributed by atoms with Crippen LogP contribution in [0.4, 0.5) is 0 Å². The molecule has 0 aliphatic rings. The van der Waals surface area contributed by atoms with Crippen molar-refractivity contribution in [2.45, 2.75) is 31.6 Å². The van der Waals surface area contributed by atoms with Gasteiger partial charge in [-0.1, -0.05) is 12.1 Å². The van der Waals surface area contributed by atoms with Crippen LogP contribution in [0.1, 0.15) is 25.0 Å². The summed E-state index contributed by atoms with van der Waals surface area (Å²) in [5.41, 5.74) is 0.593. The number of carboxylic acid groups (broad SMARTS) is 1. The summed E-state index contributed by atoms with van der Waals surface area (Å²) in [6, 6.07) is 6.09. The zero-order valence-electron chi connectivity index (χ0n) is 11.6. The number of benzene rings is 1. The Bertz CT molecular complexity index is 418. The molecule has 0 fully saturated rings. The van der Waals surface area contributed by atoms with E-state index in [1.165, 1.54) is 0 Å². The predicted molar refractivity (Wildman–Crippen MR) is 73.7 cm³/mol. The van der Waals surface area contributed by atoms with Crippen LogP contribution in [0.25, 0.3) is 0 Å². The van der Waals surface area contributed by atoms with Gasteiger partial charge in [0.05, 0.1) is 25.7 Å². The number of hydrogen-bond donors (Lipinski definition) is 4. The summed E-state index contributed by atoms with van der Waals surface area (Å²) in [4.78, 5) is 10.9. The molecule has 0 saturated heterocycles. The molecular formula is C14H21NO5. The summed E-state index contributed by atoms with van der Waals surface area (Å²) < 4.78 is 5.03. The first-order chi connectivity index (χ1) is 9.43. The van der Waals surface area contributed by atoms with Gasteiger partial charge in [0.1, 0.15) is 5.75 Å². The van der Waals surface area contributed by atoms with Crippen molar-refractivity contribution in [1.29, 1.82) is 0 Å². The maximum Gasteiger partial charge on any atom is 0.305 e. The first-order valence-corrected chi connectivity index (χ1v) is 6.39. The van der Waals surface area contributed by atoms with Crippen molar-refractivity contribution in [3.05, 3.63) is 29.8 Å². The molecule has 0 aliphatic heterocycles. The van der Waals surface area contributed by atoms with Gasteiger partial charge in [0, 0.05) is 12.6 Å². The minimum Gasteiger partial charge on any atom is -0.497 e. The Kier molecular flexibility index (Phi) is 6.44. The number of hydrogen-bond acceptors (Lipinski definition) is 5. The minimum absolute atomic E-state index is 0.213. The van der Waals surface area contributed by atoms with E-state index in [4.69, 9.17) is 9.84 Å². The largest absolute Gasteiger partial charge is 0.497 e. The third-order valence-electron chi connectivity index (χ3n) is 2.91. The van der Waals surface area contributed by atoms with E-state index in [-0.39, 0.29) is 13.0 Å². The van der Waals surface area contributed by atoms with Crippen LogP contribution in [0.2, 0.25) is 0 Å². The fourth-order valence-corrected chi connectivity index (χ4v) is 1.84. The molecule has 0 saturated carbocycles. The summed E-state index contributed by atoms with van der Waals surface area (Å²) in [6.07, 6.45) is -1.83. The second kappa shape index (κ2) is 7.84. The standard InChI is InChI=1S/C14H21NO5/c1-9(16)8-15-12(7-13(17)18)14(19)10-3-5-11(20-2)6-4-10/h3-6,9,12,14-16,19H,7-8H2,1-2H3,(H,17,18). The minimum atomic E-state index is -1.01. The van der Waals surface area contributed by atoms with E-state index in [2.05, 4.69) is 5.32 Å². The van der Waals surface area contributed by atoms with E-state index < -0.39 is 24.2 Å². The maximum atomic E-state index is 10.9. The highest BCUT2D eigenvalue weighted by Crippen LogP contribution is 2.21. The Labute approximate surface area is 118 Å². The summed E-state index contributed by atoms with van der Waals surface area (Å²) >= 11 is 0. The second-order valence-electron chi connectivity index (χ2n) is 4.68. The molecule has 6 nitrogen and oxygen atoms in total. The van der Waals surface area contributed by atoms with E-state index in [1.54, 1.807) is 38.3 Å². The number of aliphatic carboxylic acids is 1. The Hall–Kier alpha value is -1.63. The lowest BCUT2D eigenvalue weighted by atomic mass is 9.99. The number of carboxylic acids is 1. The number of aliphatic hydroxyl groups excluding tert-OH is 2. The molecule has 1 aromatic carbocycles. The smallest absolute Gasteiger partial charge is 0.305 e. The zero-order valence-corrected chi connectivity index (χ0v) is 11.6. The first-order valence-electron chi connectivity index (χ1n) is 6.39. The molecule has 6 heteroatoms. The molecule has 0 aromatic heterocycles. The van der Waals surface area contributed by atoms with Gasteiger partial charge in [-0.05, 0) is 24.6 Å². The Morgan fingerprint density at radius 1 is 1.30 bits per heavy atom. The van der Waals surface area contributed by atoms with Crippen molar-refractivity contribution < 1.29 is 24.9 Å². The molecule has 3 unspecified atom stereocenters. The van der Waals surface area contributed by atoms with Crippen LogP contribution in [0.3, 0.4) is 0 Å². The van der Waals surface area contributed by atoms with Crippen LogP contribution in [0.15, 0.2) is 24.3 Å². The van der Waals surface area contributed by atoms with Crippen LogP contribution in [0, 0.1) is 0 Å². The summed E-state index contributed by atoms with van der Waals surface area (Å²) in [7, 11) is 1.54.